The molecule has 5 nitrogen and oxygen atoms in total. The van der Waals surface area contributed by atoms with Crippen LogP contribution in [0.5, 0.6) is 0 Å². The van der Waals surface area contributed by atoms with Crippen LogP contribution in [0.25, 0.3) is 0 Å². The SMILES string of the molecule is CCNC(=NCc1ccc(C)c(F)c1)NCc1ncc(C(C)(C)C)o1.I. The summed E-state index contributed by atoms with van der Waals surface area (Å²) in [6, 6.07) is 5.17. The Balaban J connectivity index is 0.00000338. The van der Waals surface area contributed by atoms with Crippen molar-refractivity contribution in [3.63, 3.8) is 0 Å². The molecular weight excluding hydrogens is 446 g/mol. The summed E-state index contributed by atoms with van der Waals surface area (Å²) in [5.74, 6) is 1.89. The fraction of sp³-hybridized carbons (Fsp3) is 0.474. The Morgan fingerprint density at radius 3 is 2.58 bits per heavy atom. The zero-order valence-corrected chi connectivity index (χ0v) is 18.3. The monoisotopic (exact) mass is 474 g/mol. The molecule has 0 bridgehead atoms. The van der Waals surface area contributed by atoms with Gasteiger partial charge in [0.2, 0.25) is 5.89 Å². The Labute approximate surface area is 171 Å². The Morgan fingerprint density at radius 2 is 2.00 bits per heavy atom. The third-order valence-corrected chi connectivity index (χ3v) is 3.70. The Hall–Kier alpha value is -1.64. The van der Waals surface area contributed by atoms with Crippen molar-refractivity contribution >= 4 is 29.9 Å². The maximum atomic E-state index is 13.6. The number of hydrogen-bond acceptors (Lipinski definition) is 3. The minimum Gasteiger partial charge on any atom is -0.443 e. The summed E-state index contributed by atoms with van der Waals surface area (Å²) < 4.78 is 19.4. The fourth-order valence-corrected chi connectivity index (χ4v) is 2.14. The highest BCUT2D eigenvalue weighted by atomic mass is 127. The van der Waals surface area contributed by atoms with Crippen LogP contribution in [-0.4, -0.2) is 17.5 Å². The van der Waals surface area contributed by atoms with Gasteiger partial charge >= 0.3 is 0 Å². The molecule has 2 rings (SSSR count). The first kappa shape index (κ1) is 22.4. The highest BCUT2D eigenvalue weighted by Crippen LogP contribution is 2.22. The minimum absolute atomic E-state index is 0. The van der Waals surface area contributed by atoms with Crippen molar-refractivity contribution in [2.75, 3.05) is 6.54 Å². The van der Waals surface area contributed by atoms with Crippen molar-refractivity contribution in [1.29, 1.82) is 0 Å². The highest BCUT2D eigenvalue weighted by Gasteiger charge is 2.19. The van der Waals surface area contributed by atoms with Gasteiger partial charge in [-0.05, 0) is 31.0 Å². The first-order chi connectivity index (χ1) is 11.8. The molecular formula is C19H28FIN4O. The fourth-order valence-electron chi connectivity index (χ4n) is 2.14. The van der Waals surface area contributed by atoms with E-state index in [4.69, 9.17) is 4.42 Å². The highest BCUT2D eigenvalue weighted by molar-refractivity contribution is 14.0. The zero-order chi connectivity index (χ0) is 18.4. The lowest BCUT2D eigenvalue weighted by Crippen LogP contribution is -2.36. The third-order valence-electron chi connectivity index (χ3n) is 3.70. The van der Waals surface area contributed by atoms with Crippen LogP contribution in [0.1, 0.15) is 50.5 Å². The van der Waals surface area contributed by atoms with E-state index < -0.39 is 0 Å². The average molecular weight is 474 g/mol. The van der Waals surface area contributed by atoms with Crippen LogP contribution < -0.4 is 10.6 Å². The minimum atomic E-state index is -0.208. The van der Waals surface area contributed by atoms with E-state index >= 15 is 0 Å². The van der Waals surface area contributed by atoms with E-state index in [0.717, 1.165) is 17.9 Å². The molecule has 0 saturated carbocycles. The molecule has 0 fully saturated rings. The van der Waals surface area contributed by atoms with Crippen LogP contribution in [0.2, 0.25) is 0 Å². The van der Waals surface area contributed by atoms with Crippen molar-refractivity contribution in [3.05, 3.63) is 53.0 Å². The normalized spacial score (nSPS) is 11.8. The van der Waals surface area contributed by atoms with E-state index in [1.54, 1.807) is 19.2 Å². The predicted octanol–water partition coefficient (Wildman–Crippen LogP) is 4.29. The predicted molar refractivity (Wildman–Crippen MR) is 113 cm³/mol. The second-order valence-electron chi connectivity index (χ2n) is 7.00. The van der Waals surface area contributed by atoms with Crippen LogP contribution in [-0.2, 0) is 18.5 Å². The molecule has 0 radical (unpaired) electrons. The van der Waals surface area contributed by atoms with Gasteiger partial charge in [-0.15, -0.1) is 24.0 Å². The Kier molecular flexibility index (Phi) is 8.52. The van der Waals surface area contributed by atoms with Crippen molar-refractivity contribution in [1.82, 2.24) is 15.6 Å². The second kappa shape index (κ2) is 9.89. The molecule has 1 heterocycles. The summed E-state index contributed by atoms with van der Waals surface area (Å²) >= 11 is 0. The maximum absolute atomic E-state index is 13.6. The van der Waals surface area contributed by atoms with E-state index in [1.165, 1.54) is 6.07 Å². The number of aliphatic imine (C=N–C) groups is 1. The van der Waals surface area contributed by atoms with E-state index in [9.17, 15) is 4.39 Å². The van der Waals surface area contributed by atoms with Gasteiger partial charge in [0, 0.05) is 12.0 Å². The van der Waals surface area contributed by atoms with Crippen LogP contribution in [0.3, 0.4) is 0 Å². The maximum Gasteiger partial charge on any atom is 0.213 e. The topological polar surface area (TPSA) is 62.5 Å². The van der Waals surface area contributed by atoms with Gasteiger partial charge in [-0.1, -0.05) is 32.9 Å². The number of aryl methyl sites for hydroxylation is 1. The Morgan fingerprint density at radius 1 is 1.27 bits per heavy atom. The molecule has 1 aromatic heterocycles. The number of hydrogen-bond donors (Lipinski definition) is 2. The standard InChI is InChI=1S/C19H27FN4O.HI/c1-6-21-18(23-10-14-8-7-13(2)15(20)9-14)24-12-17-22-11-16(25-17)19(3,4)5;/h7-9,11H,6,10,12H2,1-5H3,(H2,21,23,24);1H. The molecule has 2 N–H and O–H groups in total. The molecule has 26 heavy (non-hydrogen) atoms. The summed E-state index contributed by atoms with van der Waals surface area (Å²) in [7, 11) is 0. The van der Waals surface area contributed by atoms with Crippen LogP contribution in [0.4, 0.5) is 4.39 Å². The number of nitrogens with one attached hydrogen (secondary N) is 2. The number of halogens is 2. The lowest BCUT2D eigenvalue weighted by molar-refractivity contribution is 0.379. The number of benzene rings is 1. The largest absolute Gasteiger partial charge is 0.443 e. The molecule has 1 aromatic carbocycles. The lowest BCUT2D eigenvalue weighted by Gasteiger charge is -2.13. The number of nitrogens with zero attached hydrogens (tertiary/aromatic N) is 2. The molecule has 0 atom stereocenters. The van der Waals surface area contributed by atoms with Gasteiger partial charge in [0.25, 0.3) is 0 Å². The first-order valence-electron chi connectivity index (χ1n) is 8.52. The molecule has 0 amide bonds. The summed E-state index contributed by atoms with van der Waals surface area (Å²) in [4.78, 5) is 8.78. The molecule has 0 unspecified atom stereocenters. The van der Waals surface area contributed by atoms with Gasteiger partial charge in [-0.3, -0.25) is 0 Å². The van der Waals surface area contributed by atoms with Gasteiger partial charge in [0.1, 0.15) is 11.6 Å². The summed E-state index contributed by atoms with van der Waals surface area (Å²) in [5, 5.41) is 6.35. The zero-order valence-electron chi connectivity index (χ0n) is 16.0. The van der Waals surface area contributed by atoms with E-state index in [2.05, 4.69) is 41.4 Å². The quantitative estimate of drug-likeness (QED) is 0.386. The molecule has 0 saturated heterocycles. The van der Waals surface area contributed by atoms with Gasteiger partial charge in [0.15, 0.2) is 5.96 Å². The molecule has 0 aliphatic rings. The van der Waals surface area contributed by atoms with Crippen molar-refractivity contribution in [2.45, 2.75) is 53.1 Å². The van der Waals surface area contributed by atoms with Crippen molar-refractivity contribution in [3.8, 4) is 0 Å². The lowest BCUT2D eigenvalue weighted by atomic mass is 9.94. The summed E-state index contributed by atoms with van der Waals surface area (Å²) in [5.41, 5.74) is 1.39. The second-order valence-corrected chi connectivity index (χ2v) is 7.00. The van der Waals surface area contributed by atoms with E-state index in [1.807, 2.05) is 13.0 Å². The van der Waals surface area contributed by atoms with Gasteiger partial charge in [0.05, 0.1) is 19.3 Å². The number of aromatic nitrogens is 1. The van der Waals surface area contributed by atoms with Gasteiger partial charge < -0.3 is 15.1 Å². The van der Waals surface area contributed by atoms with Crippen LogP contribution in [0, 0.1) is 12.7 Å². The van der Waals surface area contributed by atoms with Gasteiger partial charge in [-0.25, -0.2) is 14.4 Å². The first-order valence-corrected chi connectivity index (χ1v) is 8.52. The summed E-state index contributed by atoms with van der Waals surface area (Å²) in [6.45, 7) is 11.5. The molecule has 0 spiro atoms. The molecule has 0 aliphatic carbocycles. The number of oxazole rings is 1. The molecule has 2 aromatic rings. The summed E-state index contributed by atoms with van der Waals surface area (Å²) in [6.07, 6.45) is 1.76. The molecule has 144 valence electrons. The smallest absolute Gasteiger partial charge is 0.213 e. The van der Waals surface area contributed by atoms with Crippen molar-refractivity contribution in [2.24, 2.45) is 4.99 Å². The molecule has 7 heteroatoms. The van der Waals surface area contributed by atoms with E-state index in [0.29, 0.717) is 30.5 Å². The average Bonchev–Trinajstić information content (AvgIpc) is 3.02. The third kappa shape index (κ3) is 6.59. The van der Waals surface area contributed by atoms with E-state index in [-0.39, 0.29) is 35.2 Å². The van der Waals surface area contributed by atoms with Crippen LogP contribution >= 0.6 is 24.0 Å². The Bertz CT molecular complexity index is 737. The molecule has 0 aliphatic heterocycles. The number of guanidine groups is 1. The van der Waals surface area contributed by atoms with Crippen molar-refractivity contribution < 1.29 is 8.81 Å². The number of rotatable bonds is 5. The van der Waals surface area contributed by atoms with Gasteiger partial charge in [-0.2, -0.15) is 0 Å². The van der Waals surface area contributed by atoms with Crippen LogP contribution in [0.15, 0.2) is 33.8 Å².